The molecule has 166 valence electrons. The molecule has 0 aliphatic carbocycles. The number of ether oxygens (including phenoxy) is 1. The van der Waals surface area contributed by atoms with E-state index in [0.29, 0.717) is 41.0 Å². The number of aliphatic carboxylic acids is 1. The first kappa shape index (κ1) is 21.2. The van der Waals surface area contributed by atoms with E-state index in [2.05, 4.69) is 24.0 Å². The smallest absolute Gasteiger partial charge is 0.313 e. The minimum Gasteiger partial charge on any atom is -0.481 e. The minimum atomic E-state index is -0.937. The number of nitrogens with zero attached hydrogens (tertiary/aromatic N) is 4. The molecule has 0 radical (unpaired) electrons. The third kappa shape index (κ3) is 3.42. The van der Waals surface area contributed by atoms with Gasteiger partial charge in [-0.3, -0.25) is 9.59 Å². The van der Waals surface area contributed by atoms with Gasteiger partial charge in [0.25, 0.3) is 5.56 Å². The molecule has 0 amide bonds. The zero-order valence-corrected chi connectivity index (χ0v) is 19.5. The number of aromatic nitrogens is 4. The van der Waals surface area contributed by atoms with E-state index in [-0.39, 0.29) is 17.4 Å². The van der Waals surface area contributed by atoms with Crippen LogP contribution in [0.4, 0.5) is 0 Å². The summed E-state index contributed by atoms with van der Waals surface area (Å²) in [5.41, 5.74) is 2.66. The molecule has 4 aromatic rings. The highest BCUT2D eigenvalue weighted by atomic mass is 32.2. The predicted octanol–water partition coefficient (Wildman–Crippen LogP) is 3.68. The molecular formula is C22H22N4O4S2. The first-order valence-corrected chi connectivity index (χ1v) is 12.1. The van der Waals surface area contributed by atoms with E-state index >= 15 is 0 Å². The van der Waals surface area contributed by atoms with Gasteiger partial charge in [0.15, 0.2) is 5.16 Å². The van der Waals surface area contributed by atoms with Gasteiger partial charge in [-0.15, -0.1) is 21.5 Å². The highest BCUT2D eigenvalue weighted by molar-refractivity contribution is 7.99. The number of rotatable bonds is 5. The van der Waals surface area contributed by atoms with Gasteiger partial charge in [0.2, 0.25) is 5.78 Å². The van der Waals surface area contributed by atoms with Gasteiger partial charge in [0.05, 0.1) is 29.5 Å². The summed E-state index contributed by atoms with van der Waals surface area (Å²) in [4.78, 5) is 26.8. The molecule has 1 atom stereocenters. The van der Waals surface area contributed by atoms with Crippen molar-refractivity contribution in [1.82, 2.24) is 19.2 Å². The van der Waals surface area contributed by atoms with Gasteiger partial charge in [0, 0.05) is 11.3 Å². The Labute approximate surface area is 191 Å². The maximum atomic E-state index is 13.9. The maximum Gasteiger partial charge on any atom is 0.313 e. The van der Waals surface area contributed by atoms with Crippen molar-refractivity contribution in [1.29, 1.82) is 0 Å². The van der Waals surface area contributed by atoms with Crippen molar-refractivity contribution in [3.05, 3.63) is 50.6 Å². The highest BCUT2D eigenvalue weighted by Crippen LogP contribution is 2.37. The zero-order valence-electron chi connectivity index (χ0n) is 17.9. The molecule has 10 heteroatoms. The van der Waals surface area contributed by atoms with Gasteiger partial charge < -0.3 is 9.84 Å². The Bertz CT molecular complexity index is 1400. The lowest BCUT2D eigenvalue weighted by atomic mass is 9.96. The molecule has 0 saturated carbocycles. The van der Waals surface area contributed by atoms with Gasteiger partial charge in [-0.05, 0) is 30.5 Å². The van der Waals surface area contributed by atoms with Gasteiger partial charge in [0.1, 0.15) is 4.83 Å². The second kappa shape index (κ2) is 8.02. The summed E-state index contributed by atoms with van der Waals surface area (Å²) in [6.07, 6.45) is 0.714. The second-order valence-electron chi connectivity index (χ2n) is 8.26. The van der Waals surface area contributed by atoms with Crippen LogP contribution < -0.4 is 5.56 Å². The van der Waals surface area contributed by atoms with Crippen LogP contribution >= 0.6 is 23.1 Å². The summed E-state index contributed by atoms with van der Waals surface area (Å²) in [5.74, 6) is -0.374. The van der Waals surface area contributed by atoms with Crippen molar-refractivity contribution >= 4 is 45.1 Å². The fraction of sp³-hybridized carbons (Fsp3) is 0.364. The van der Waals surface area contributed by atoms with E-state index in [1.807, 2.05) is 35.6 Å². The average molecular weight is 471 g/mol. The molecule has 1 N–H and O–H groups in total. The normalized spacial score (nSPS) is 16.2. The molecule has 1 aliphatic rings. The number of thiophene rings is 1. The fourth-order valence-electron chi connectivity index (χ4n) is 4.01. The van der Waals surface area contributed by atoms with E-state index in [1.165, 1.54) is 11.3 Å². The third-order valence-electron chi connectivity index (χ3n) is 5.70. The lowest BCUT2D eigenvalue weighted by molar-refractivity contribution is -0.133. The van der Waals surface area contributed by atoms with E-state index in [4.69, 9.17) is 9.84 Å². The van der Waals surface area contributed by atoms with Crippen LogP contribution in [0.15, 0.2) is 34.2 Å². The molecule has 3 aromatic heterocycles. The number of benzene rings is 1. The summed E-state index contributed by atoms with van der Waals surface area (Å²) in [6, 6.07) is 7.68. The Morgan fingerprint density at radius 1 is 1.31 bits per heavy atom. The predicted molar refractivity (Wildman–Crippen MR) is 124 cm³/mol. The molecular weight excluding hydrogens is 448 g/mol. The number of aryl methyl sites for hydroxylation is 1. The molecule has 8 nitrogen and oxygen atoms in total. The maximum absolute atomic E-state index is 13.9. The Kier molecular flexibility index (Phi) is 5.31. The molecule has 4 heterocycles. The number of hydrogen-bond donors (Lipinski definition) is 1. The van der Waals surface area contributed by atoms with Crippen molar-refractivity contribution in [2.75, 3.05) is 5.75 Å². The summed E-state index contributed by atoms with van der Waals surface area (Å²) in [6.45, 7) is 6.69. The Balaban J connectivity index is 1.83. The van der Waals surface area contributed by atoms with Gasteiger partial charge in [-0.1, -0.05) is 43.3 Å². The first-order chi connectivity index (χ1) is 15.3. The van der Waals surface area contributed by atoms with E-state index in [9.17, 15) is 9.59 Å². The summed E-state index contributed by atoms with van der Waals surface area (Å²) >= 11 is 2.59. The third-order valence-corrected chi connectivity index (χ3v) is 7.81. The number of carboxylic acid groups (broad SMARTS) is 1. The topological polar surface area (TPSA) is 98.7 Å². The molecule has 1 aromatic carbocycles. The van der Waals surface area contributed by atoms with Crippen molar-refractivity contribution in [2.45, 2.75) is 45.1 Å². The van der Waals surface area contributed by atoms with E-state index in [0.717, 1.165) is 32.6 Å². The molecule has 0 bridgehead atoms. The van der Waals surface area contributed by atoms with Crippen LogP contribution in [0.2, 0.25) is 0 Å². The van der Waals surface area contributed by atoms with E-state index < -0.39 is 5.97 Å². The lowest BCUT2D eigenvalue weighted by Gasteiger charge is -2.26. The first-order valence-electron chi connectivity index (χ1n) is 10.3. The van der Waals surface area contributed by atoms with Crippen LogP contribution in [0, 0.1) is 12.8 Å². The Morgan fingerprint density at radius 3 is 2.75 bits per heavy atom. The Morgan fingerprint density at radius 2 is 2.06 bits per heavy atom. The average Bonchev–Trinajstić information content (AvgIpc) is 3.34. The number of carbonyl (C=O) groups is 1. The van der Waals surface area contributed by atoms with Crippen LogP contribution in [0.25, 0.3) is 21.7 Å². The standard InChI is InChI=1S/C22H22N4O4S2/c1-11(2)15-8-14-16(9-30-15)32-20-18(14)19(29)25(13-6-4-12(3)5-7-13)21-23-24-22(26(20)21)31-10-17(27)28/h4-7,11,15H,8-10H2,1-3H3,(H,27,28)/t15-/m0/s1. The van der Waals surface area contributed by atoms with E-state index in [1.54, 1.807) is 4.57 Å². The monoisotopic (exact) mass is 470 g/mol. The zero-order chi connectivity index (χ0) is 22.6. The number of fused-ring (bicyclic) bond motifs is 5. The van der Waals surface area contributed by atoms with Gasteiger partial charge >= 0.3 is 5.97 Å². The minimum absolute atomic E-state index is 0.0463. The molecule has 5 rings (SSSR count). The molecule has 0 fully saturated rings. The number of thioether (sulfide) groups is 1. The highest BCUT2D eigenvalue weighted by Gasteiger charge is 2.30. The summed E-state index contributed by atoms with van der Waals surface area (Å²) < 4.78 is 9.44. The largest absolute Gasteiger partial charge is 0.481 e. The summed E-state index contributed by atoms with van der Waals surface area (Å²) in [7, 11) is 0. The van der Waals surface area contributed by atoms with Gasteiger partial charge in [-0.25, -0.2) is 8.97 Å². The fourth-order valence-corrected chi connectivity index (χ4v) is 5.96. The molecule has 1 aliphatic heterocycles. The van der Waals surface area contributed by atoms with Crippen LogP contribution in [0.5, 0.6) is 0 Å². The van der Waals surface area contributed by atoms with Crippen molar-refractivity contribution in [2.24, 2.45) is 5.92 Å². The van der Waals surface area contributed by atoms with Crippen molar-refractivity contribution in [3.8, 4) is 5.69 Å². The van der Waals surface area contributed by atoms with Crippen LogP contribution in [0.3, 0.4) is 0 Å². The number of hydrogen-bond acceptors (Lipinski definition) is 7. The van der Waals surface area contributed by atoms with Crippen molar-refractivity contribution < 1.29 is 14.6 Å². The molecule has 0 unspecified atom stereocenters. The molecule has 0 spiro atoms. The Hall–Kier alpha value is -2.69. The van der Waals surface area contributed by atoms with Gasteiger partial charge in [-0.2, -0.15) is 0 Å². The number of carboxylic acids is 1. The molecule has 0 saturated heterocycles. The lowest BCUT2D eigenvalue weighted by Crippen LogP contribution is -2.28. The second-order valence-corrected chi connectivity index (χ2v) is 10.3. The van der Waals surface area contributed by atoms with Crippen LogP contribution in [0.1, 0.15) is 29.9 Å². The summed E-state index contributed by atoms with van der Waals surface area (Å²) in [5, 5.41) is 18.8. The quantitative estimate of drug-likeness (QED) is 0.444. The SMILES string of the molecule is Cc1ccc(-n2c(=O)c3c4c(sc3n3c(SCC(=O)O)nnc23)CO[C@H](C(C)C)C4)cc1. The van der Waals surface area contributed by atoms with Crippen LogP contribution in [-0.4, -0.2) is 42.1 Å². The van der Waals surface area contributed by atoms with Crippen molar-refractivity contribution in [3.63, 3.8) is 0 Å². The molecule has 32 heavy (non-hydrogen) atoms. The van der Waals surface area contributed by atoms with Crippen LogP contribution in [-0.2, 0) is 22.6 Å².